The third-order valence-corrected chi connectivity index (χ3v) is 3.18. The third-order valence-electron chi connectivity index (χ3n) is 3.18. The van der Waals surface area contributed by atoms with Crippen molar-refractivity contribution in [2.24, 2.45) is 0 Å². The van der Waals surface area contributed by atoms with Gasteiger partial charge in [-0.25, -0.2) is 4.98 Å². The third kappa shape index (κ3) is 3.10. The van der Waals surface area contributed by atoms with Crippen molar-refractivity contribution in [1.82, 2.24) is 20.1 Å². The number of ether oxygens (including phenoxy) is 1. The van der Waals surface area contributed by atoms with Crippen LogP contribution in [0.4, 0.5) is 0 Å². The first-order valence-corrected chi connectivity index (χ1v) is 6.60. The maximum atomic E-state index is 12.3. The molecular formula is C12H20N4O3. The molecule has 2 atom stereocenters. The quantitative estimate of drug-likeness (QED) is 0.800. The molecule has 0 spiro atoms. The van der Waals surface area contributed by atoms with Gasteiger partial charge in [0.05, 0.1) is 25.4 Å². The second kappa shape index (κ2) is 6.12. The molecule has 2 N–H and O–H groups in total. The summed E-state index contributed by atoms with van der Waals surface area (Å²) in [5.74, 6) is 0.701. The fourth-order valence-corrected chi connectivity index (χ4v) is 2.08. The summed E-state index contributed by atoms with van der Waals surface area (Å²) >= 11 is 0. The monoisotopic (exact) mass is 268 g/mol. The summed E-state index contributed by atoms with van der Waals surface area (Å²) in [6.45, 7) is 4.65. The summed E-state index contributed by atoms with van der Waals surface area (Å²) in [4.78, 5) is 18.2. The Bertz CT molecular complexity index is 434. The second-order valence-corrected chi connectivity index (χ2v) is 4.80. The Kier molecular flexibility index (Phi) is 4.49. The minimum Gasteiger partial charge on any atom is -0.394 e. The van der Waals surface area contributed by atoms with Crippen molar-refractivity contribution in [3.63, 3.8) is 0 Å². The number of aliphatic hydroxyl groups is 1. The van der Waals surface area contributed by atoms with Crippen LogP contribution in [-0.2, 0) is 11.2 Å². The Morgan fingerprint density at radius 1 is 1.63 bits per heavy atom. The molecule has 1 aromatic heterocycles. The average molecular weight is 268 g/mol. The van der Waals surface area contributed by atoms with Crippen molar-refractivity contribution in [3.05, 3.63) is 11.6 Å². The van der Waals surface area contributed by atoms with Crippen molar-refractivity contribution < 1.29 is 14.6 Å². The zero-order valence-electron chi connectivity index (χ0n) is 11.3. The molecule has 1 aliphatic heterocycles. The van der Waals surface area contributed by atoms with Gasteiger partial charge in [0, 0.05) is 13.0 Å². The number of hydrogen-bond donors (Lipinski definition) is 2. The Hall–Kier alpha value is -1.47. The normalized spacial score (nSPS) is 23.6. The molecule has 7 heteroatoms. The molecule has 2 heterocycles. The number of carbonyl (C=O) groups excluding carboxylic acids is 1. The summed E-state index contributed by atoms with van der Waals surface area (Å²) in [7, 11) is 0. The SMILES string of the molecule is CCCc1nc(C(=O)N2CC(CO)OCC2C)n[nH]1. The highest BCUT2D eigenvalue weighted by atomic mass is 16.5. The number of nitrogens with zero attached hydrogens (tertiary/aromatic N) is 3. The van der Waals surface area contributed by atoms with Crippen molar-refractivity contribution in [1.29, 1.82) is 0 Å². The van der Waals surface area contributed by atoms with Crippen LogP contribution in [0.5, 0.6) is 0 Å². The van der Waals surface area contributed by atoms with Crippen LogP contribution in [0.1, 0.15) is 36.7 Å². The maximum absolute atomic E-state index is 12.3. The summed E-state index contributed by atoms with van der Waals surface area (Å²) < 4.78 is 5.41. The number of carbonyl (C=O) groups is 1. The van der Waals surface area contributed by atoms with Crippen LogP contribution >= 0.6 is 0 Å². The van der Waals surface area contributed by atoms with Crippen LogP contribution < -0.4 is 0 Å². The molecule has 0 radical (unpaired) electrons. The van der Waals surface area contributed by atoms with Gasteiger partial charge in [-0.3, -0.25) is 9.89 Å². The highest BCUT2D eigenvalue weighted by Gasteiger charge is 2.31. The Morgan fingerprint density at radius 2 is 2.42 bits per heavy atom. The highest BCUT2D eigenvalue weighted by Crippen LogP contribution is 2.14. The molecule has 7 nitrogen and oxygen atoms in total. The minimum atomic E-state index is -0.325. The van der Waals surface area contributed by atoms with Crippen molar-refractivity contribution in [3.8, 4) is 0 Å². The van der Waals surface area contributed by atoms with E-state index in [0.29, 0.717) is 13.2 Å². The second-order valence-electron chi connectivity index (χ2n) is 4.80. The van der Waals surface area contributed by atoms with Crippen molar-refractivity contribution in [2.75, 3.05) is 19.8 Å². The van der Waals surface area contributed by atoms with Crippen LogP contribution in [0.25, 0.3) is 0 Å². The summed E-state index contributed by atoms with van der Waals surface area (Å²) in [6, 6.07) is -0.0385. The van der Waals surface area contributed by atoms with E-state index < -0.39 is 0 Å². The molecule has 0 aliphatic carbocycles. The summed E-state index contributed by atoms with van der Waals surface area (Å²) in [5, 5.41) is 15.9. The van der Waals surface area contributed by atoms with E-state index in [1.807, 2.05) is 13.8 Å². The molecule has 2 rings (SSSR count). The molecule has 1 amide bonds. The number of aliphatic hydroxyl groups excluding tert-OH is 1. The molecule has 0 saturated carbocycles. The number of morpholine rings is 1. The van der Waals surface area contributed by atoms with Gasteiger partial charge in [-0.15, -0.1) is 5.10 Å². The van der Waals surface area contributed by atoms with E-state index in [4.69, 9.17) is 9.84 Å². The summed E-state index contributed by atoms with van der Waals surface area (Å²) in [5.41, 5.74) is 0. The Labute approximate surface area is 112 Å². The molecule has 106 valence electrons. The van der Waals surface area contributed by atoms with E-state index in [-0.39, 0.29) is 30.5 Å². The first kappa shape index (κ1) is 14.0. The lowest BCUT2D eigenvalue weighted by atomic mass is 10.2. The lowest BCUT2D eigenvalue weighted by Gasteiger charge is -2.36. The highest BCUT2D eigenvalue weighted by molar-refractivity contribution is 5.90. The minimum absolute atomic E-state index is 0.0385. The lowest BCUT2D eigenvalue weighted by molar-refractivity contribution is -0.0670. The van der Waals surface area contributed by atoms with Gasteiger partial charge in [-0.1, -0.05) is 6.92 Å². The van der Waals surface area contributed by atoms with Gasteiger partial charge in [0.1, 0.15) is 5.82 Å². The number of nitrogens with one attached hydrogen (secondary N) is 1. The van der Waals surface area contributed by atoms with E-state index in [9.17, 15) is 4.79 Å². The molecular weight excluding hydrogens is 248 g/mol. The molecule has 19 heavy (non-hydrogen) atoms. The maximum Gasteiger partial charge on any atom is 0.293 e. The number of hydrogen-bond acceptors (Lipinski definition) is 5. The standard InChI is InChI=1S/C12H20N4O3/c1-3-4-10-13-11(15-14-10)12(18)16-5-9(6-17)19-7-8(16)2/h8-9,17H,3-7H2,1-2H3,(H,13,14,15). The van der Waals surface area contributed by atoms with Crippen molar-refractivity contribution in [2.45, 2.75) is 38.8 Å². The first-order chi connectivity index (χ1) is 9.15. The first-order valence-electron chi connectivity index (χ1n) is 6.60. The zero-order chi connectivity index (χ0) is 13.8. The van der Waals surface area contributed by atoms with Gasteiger partial charge in [-0.2, -0.15) is 0 Å². The van der Waals surface area contributed by atoms with Crippen molar-refractivity contribution >= 4 is 5.91 Å². The van der Waals surface area contributed by atoms with Crippen LogP contribution in [0, 0.1) is 0 Å². The molecule has 0 bridgehead atoms. The van der Waals surface area contributed by atoms with E-state index in [2.05, 4.69) is 15.2 Å². The predicted octanol–water partition coefficient (Wildman–Crippen LogP) is -0.0210. The van der Waals surface area contributed by atoms with Gasteiger partial charge in [-0.05, 0) is 13.3 Å². The molecule has 2 unspecified atom stereocenters. The van der Waals surface area contributed by atoms with E-state index >= 15 is 0 Å². The number of aromatic amines is 1. The number of H-pyrrole nitrogens is 1. The number of aryl methyl sites for hydroxylation is 1. The van der Waals surface area contributed by atoms with Crippen LogP contribution in [0.2, 0.25) is 0 Å². The number of rotatable bonds is 4. The lowest BCUT2D eigenvalue weighted by Crippen LogP contribution is -2.52. The smallest absolute Gasteiger partial charge is 0.293 e. The van der Waals surface area contributed by atoms with Gasteiger partial charge >= 0.3 is 0 Å². The number of aromatic nitrogens is 3. The van der Waals surface area contributed by atoms with E-state index in [1.54, 1.807) is 4.90 Å². The summed E-state index contributed by atoms with van der Waals surface area (Å²) in [6.07, 6.45) is 1.40. The Balaban J connectivity index is 2.08. The fraction of sp³-hybridized carbons (Fsp3) is 0.750. The largest absolute Gasteiger partial charge is 0.394 e. The number of amides is 1. The average Bonchev–Trinajstić information content (AvgIpc) is 2.88. The predicted molar refractivity (Wildman–Crippen MR) is 67.7 cm³/mol. The molecule has 1 fully saturated rings. The van der Waals surface area contributed by atoms with Crippen LogP contribution in [0.3, 0.4) is 0 Å². The molecule has 1 saturated heterocycles. The fourth-order valence-electron chi connectivity index (χ4n) is 2.08. The van der Waals surface area contributed by atoms with Crippen LogP contribution in [-0.4, -0.2) is 63.0 Å². The van der Waals surface area contributed by atoms with E-state index in [1.165, 1.54) is 0 Å². The van der Waals surface area contributed by atoms with Gasteiger partial charge in [0.2, 0.25) is 5.82 Å². The van der Waals surface area contributed by atoms with Gasteiger partial charge < -0.3 is 14.7 Å². The topological polar surface area (TPSA) is 91.3 Å². The molecule has 0 aromatic carbocycles. The van der Waals surface area contributed by atoms with Gasteiger partial charge in [0.15, 0.2) is 0 Å². The molecule has 1 aliphatic rings. The Morgan fingerprint density at radius 3 is 3.11 bits per heavy atom. The van der Waals surface area contributed by atoms with Crippen LogP contribution in [0.15, 0.2) is 0 Å². The zero-order valence-corrected chi connectivity index (χ0v) is 11.3. The van der Waals surface area contributed by atoms with E-state index in [0.717, 1.165) is 18.7 Å². The molecule has 1 aromatic rings. The van der Waals surface area contributed by atoms with Gasteiger partial charge in [0.25, 0.3) is 5.91 Å².